The third-order valence-electron chi connectivity index (χ3n) is 2.78. The maximum absolute atomic E-state index is 12.0. The standard InChI is InChI=1S/C11H19N3O/c1-4-8(5-2)11(15)10(12)9-6-13-14(3)7-9/h6-8,10H,4-5,12H2,1-3H3. The second kappa shape index (κ2) is 5.07. The molecule has 2 N–H and O–H groups in total. The Balaban J connectivity index is 2.76. The van der Waals surface area contributed by atoms with Gasteiger partial charge in [-0.1, -0.05) is 13.8 Å². The van der Waals surface area contributed by atoms with Crippen LogP contribution in [0.15, 0.2) is 12.4 Å². The number of nitrogens with zero attached hydrogens (tertiary/aromatic N) is 2. The Bertz CT molecular complexity index is 328. The molecule has 1 aromatic rings. The van der Waals surface area contributed by atoms with Gasteiger partial charge in [0.2, 0.25) is 0 Å². The lowest BCUT2D eigenvalue weighted by molar-refractivity contribution is -0.124. The first-order valence-corrected chi connectivity index (χ1v) is 5.38. The number of Topliss-reactive ketones (excluding diaryl/α,β-unsaturated/α-hetero) is 1. The number of hydrogen-bond donors (Lipinski definition) is 1. The monoisotopic (exact) mass is 209 g/mol. The average molecular weight is 209 g/mol. The third-order valence-corrected chi connectivity index (χ3v) is 2.78. The molecule has 4 nitrogen and oxygen atoms in total. The summed E-state index contributed by atoms with van der Waals surface area (Å²) in [5.74, 6) is 0.188. The SMILES string of the molecule is CCC(CC)C(=O)C(N)c1cnn(C)c1. The number of carbonyl (C=O) groups is 1. The van der Waals surface area contributed by atoms with E-state index in [9.17, 15) is 4.79 Å². The van der Waals surface area contributed by atoms with Gasteiger partial charge in [0.1, 0.15) is 0 Å². The summed E-state index contributed by atoms with van der Waals surface area (Å²) >= 11 is 0. The molecule has 0 bridgehead atoms. The highest BCUT2D eigenvalue weighted by Gasteiger charge is 2.23. The van der Waals surface area contributed by atoms with E-state index >= 15 is 0 Å². The van der Waals surface area contributed by atoms with Crippen LogP contribution in [0.25, 0.3) is 0 Å². The fourth-order valence-corrected chi connectivity index (χ4v) is 1.71. The van der Waals surface area contributed by atoms with Crippen LogP contribution in [0, 0.1) is 5.92 Å². The molecule has 1 heterocycles. The van der Waals surface area contributed by atoms with E-state index in [-0.39, 0.29) is 11.7 Å². The van der Waals surface area contributed by atoms with Gasteiger partial charge < -0.3 is 5.73 Å². The van der Waals surface area contributed by atoms with Crippen LogP contribution < -0.4 is 5.73 Å². The van der Waals surface area contributed by atoms with Crippen molar-refractivity contribution >= 4 is 5.78 Å². The maximum Gasteiger partial charge on any atom is 0.157 e. The van der Waals surface area contributed by atoms with Crippen molar-refractivity contribution in [3.05, 3.63) is 18.0 Å². The summed E-state index contributed by atoms with van der Waals surface area (Å²) in [6.07, 6.45) is 5.16. The van der Waals surface area contributed by atoms with Crippen LogP contribution in [0.3, 0.4) is 0 Å². The summed E-state index contributed by atoms with van der Waals surface area (Å²) in [4.78, 5) is 12.0. The van der Waals surface area contributed by atoms with Crippen LogP contribution in [-0.4, -0.2) is 15.6 Å². The van der Waals surface area contributed by atoms with Gasteiger partial charge in [-0.25, -0.2) is 0 Å². The van der Waals surface area contributed by atoms with Crippen molar-refractivity contribution < 1.29 is 4.79 Å². The Hall–Kier alpha value is -1.16. The van der Waals surface area contributed by atoms with Crippen molar-refractivity contribution in [1.29, 1.82) is 0 Å². The summed E-state index contributed by atoms with van der Waals surface area (Å²) in [5, 5.41) is 4.02. The van der Waals surface area contributed by atoms with E-state index in [0.717, 1.165) is 18.4 Å². The number of hydrogen-bond acceptors (Lipinski definition) is 3. The van der Waals surface area contributed by atoms with E-state index in [1.165, 1.54) is 0 Å². The zero-order valence-electron chi connectivity index (χ0n) is 9.60. The lowest BCUT2D eigenvalue weighted by Gasteiger charge is -2.15. The molecule has 0 saturated carbocycles. The molecule has 0 amide bonds. The molecule has 84 valence electrons. The van der Waals surface area contributed by atoms with E-state index in [4.69, 9.17) is 5.73 Å². The Kier molecular flexibility index (Phi) is 4.03. The van der Waals surface area contributed by atoms with E-state index in [1.54, 1.807) is 17.1 Å². The molecule has 1 aromatic heterocycles. The highest BCUT2D eigenvalue weighted by molar-refractivity contribution is 5.87. The topological polar surface area (TPSA) is 60.9 Å². The number of aryl methyl sites for hydroxylation is 1. The van der Waals surface area contributed by atoms with Crippen molar-refractivity contribution in [2.75, 3.05) is 0 Å². The van der Waals surface area contributed by atoms with Gasteiger partial charge in [0.15, 0.2) is 5.78 Å². The highest BCUT2D eigenvalue weighted by atomic mass is 16.1. The number of rotatable bonds is 5. The molecule has 15 heavy (non-hydrogen) atoms. The number of carbonyl (C=O) groups excluding carboxylic acids is 1. The van der Waals surface area contributed by atoms with Crippen LogP contribution >= 0.6 is 0 Å². The van der Waals surface area contributed by atoms with Crippen molar-refractivity contribution in [1.82, 2.24) is 9.78 Å². The quantitative estimate of drug-likeness (QED) is 0.798. The van der Waals surface area contributed by atoms with Crippen LogP contribution in [-0.2, 0) is 11.8 Å². The lowest BCUT2D eigenvalue weighted by atomic mass is 9.91. The number of ketones is 1. The minimum atomic E-state index is -0.524. The summed E-state index contributed by atoms with van der Waals surface area (Å²) in [6.45, 7) is 4.03. The van der Waals surface area contributed by atoms with E-state index in [0.29, 0.717) is 0 Å². The zero-order valence-corrected chi connectivity index (χ0v) is 9.60. The van der Waals surface area contributed by atoms with Crippen LogP contribution in [0.4, 0.5) is 0 Å². The molecular formula is C11H19N3O. The normalized spacial score (nSPS) is 13.1. The van der Waals surface area contributed by atoms with Gasteiger partial charge in [0, 0.05) is 24.7 Å². The molecule has 0 spiro atoms. The van der Waals surface area contributed by atoms with Gasteiger partial charge in [0.25, 0.3) is 0 Å². The molecule has 0 aliphatic carbocycles. The summed E-state index contributed by atoms with van der Waals surface area (Å²) < 4.78 is 1.66. The van der Waals surface area contributed by atoms with Gasteiger partial charge in [-0.3, -0.25) is 9.48 Å². The molecule has 0 aliphatic heterocycles. The van der Waals surface area contributed by atoms with Crippen molar-refractivity contribution in [3.63, 3.8) is 0 Å². The molecule has 0 fully saturated rings. The van der Waals surface area contributed by atoms with Gasteiger partial charge in [-0.15, -0.1) is 0 Å². The van der Waals surface area contributed by atoms with E-state index in [1.807, 2.05) is 20.9 Å². The van der Waals surface area contributed by atoms with E-state index < -0.39 is 6.04 Å². The molecule has 0 aliphatic rings. The fourth-order valence-electron chi connectivity index (χ4n) is 1.71. The number of aromatic nitrogens is 2. The fraction of sp³-hybridized carbons (Fsp3) is 0.636. The maximum atomic E-state index is 12.0. The lowest BCUT2D eigenvalue weighted by Crippen LogP contribution is -2.27. The highest BCUT2D eigenvalue weighted by Crippen LogP contribution is 2.19. The Morgan fingerprint density at radius 1 is 1.53 bits per heavy atom. The molecular weight excluding hydrogens is 190 g/mol. The second-order valence-electron chi connectivity index (χ2n) is 3.84. The van der Waals surface area contributed by atoms with Crippen LogP contribution in [0.5, 0.6) is 0 Å². The molecule has 1 rings (SSSR count). The number of nitrogens with two attached hydrogens (primary N) is 1. The van der Waals surface area contributed by atoms with Crippen molar-refractivity contribution in [2.24, 2.45) is 18.7 Å². The molecule has 0 saturated heterocycles. The van der Waals surface area contributed by atoms with Crippen LogP contribution in [0.2, 0.25) is 0 Å². The summed E-state index contributed by atoms with van der Waals surface area (Å²) in [7, 11) is 1.82. The van der Waals surface area contributed by atoms with Gasteiger partial charge in [0.05, 0.1) is 12.2 Å². The van der Waals surface area contributed by atoms with Gasteiger partial charge in [-0.2, -0.15) is 5.10 Å². The first kappa shape index (κ1) is 11.9. The third kappa shape index (κ3) is 2.65. The van der Waals surface area contributed by atoms with Gasteiger partial charge >= 0.3 is 0 Å². The molecule has 0 aromatic carbocycles. The van der Waals surface area contributed by atoms with Crippen molar-refractivity contribution in [3.8, 4) is 0 Å². The summed E-state index contributed by atoms with van der Waals surface area (Å²) in [5.41, 5.74) is 6.70. The largest absolute Gasteiger partial charge is 0.318 e. The smallest absolute Gasteiger partial charge is 0.157 e. The first-order valence-electron chi connectivity index (χ1n) is 5.38. The zero-order chi connectivity index (χ0) is 11.4. The predicted molar refractivity (Wildman–Crippen MR) is 59.2 cm³/mol. The Morgan fingerprint density at radius 2 is 2.13 bits per heavy atom. The van der Waals surface area contributed by atoms with Crippen LogP contribution in [0.1, 0.15) is 38.3 Å². The molecule has 1 atom stereocenters. The molecule has 4 heteroatoms. The average Bonchev–Trinajstić information content (AvgIpc) is 2.65. The van der Waals surface area contributed by atoms with Crippen molar-refractivity contribution in [2.45, 2.75) is 32.7 Å². The van der Waals surface area contributed by atoms with Gasteiger partial charge in [-0.05, 0) is 12.8 Å². The molecule has 0 radical (unpaired) electrons. The first-order chi connectivity index (χ1) is 7.10. The Morgan fingerprint density at radius 3 is 2.53 bits per heavy atom. The summed E-state index contributed by atoms with van der Waals surface area (Å²) in [6, 6.07) is -0.524. The second-order valence-corrected chi connectivity index (χ2v) is 3.84. The van der Waals surface area contributed by atoms with E-state index in [2.05, 4.69) is 5.10 Å². The minimum absolute atomic E-state index is 0.0696. The predicted octanol–water partition coefficient (Wildman–Crippen LogP) is 1.43. The molecule has 1 unspecified atom stereocenters. The Labute approximate surface area is 90.5 Å². The minimum Gasteiger partial charge on any atom is -0.318 e.